The van der Waals surface area contributed by atoms with Gasteiger partial charge in [0, 0.05) is 30.8 Å². The van der Waals surface area contributed by atoms with E-state index in [1.54, 1.807) is 19.2 Å². The highest BCUT2D eigenvalue weighted by Gasteiger charge is 2.34. The summed E-state index contributed by atoms with van der Waals surface area (Å²) >= 11 is 0. The van der Waals surface area contributed by atoms with Gasteiger partial charge in [0.15, 0.2) is 11.6 Å². The molecule has 2 heterocycles. The topological polar surface area (TPSA) is 76.9 Å². The van der Waals surface area contributed by atoms with E-state index in [2.05, 4.69) is 10.1 Å². The maximum atomic E-state index is 13.9. The molecule has 0 spiro atoms. The van der Waals surface area contributed by atoms with Crippen LogP contribution in [0.5, 0.6) is 0 Å². The molecule has 1 aliphatic carbocycles. The fourth-order valence-corrected chi connectivity index (χ4v) is 5.72. The van der Waals surface area contributed by atoms with Gasteiger partial charge in [0.1, 0.15) is 5.82 Å². The second-order valence-electron chi connectivity index (χ2n) is 8.68. The molecule has 0 amide bonds. The van der Waals surface area contributed by atoms with E-state index in [9.17, 15) is 30.4 Å². The van der Waals surface area contributed by atoms with Crippen LogP contribution in [0.2, 0.25) is 0 Å². The average Bonchev–Trinajstić information content (AvgIpc) is 3.45. The number of rotatable bonds is 5. The normalized spacial score (nSPS) is 15.6. The fraction of sp³-hybridized carbons (Fsp3) is 0.200. The third kappa shape index (κ3) is 4.68. The zero-order valence-electron chi connectivity index (χ0n) is 19.2. The maximum absolute atomic E-state index is 13.9. The van der Waals surface area contributed by atoms with Crippen LogP contribution in [0.25, 0.3) is 11.3 Å². The van der Waals surface area contributed by atoms with Crippen LogP contribution in [0, 0.1) is 11.6 Å². The highest BCUT2D eigenvalue weighted by atomic mass is 32.2. The number of aryl methyl sites for hydroxylation is 2. The summed E-state index contributed by atoms with van der Waals surface area (Å²) in [7, 11) is -2.59. The summed E-state index contributed by atoms with van der Waals surface area (Å²) in [5, 5.41) is 4.09. The molecule has 2 aromatic carbocycles. The number of hydrogen-bond acceptors (Lipinski definition) is 4. The molecule has 2 aromatic heterocycles. The summed E-state index contributed by atoms with van der Waals surface area (Å²) in [6.45, 7) is 0. The quantitative estimate of drug-likeness (QED) is 0.336. The average molecular weight is 535 g/mol. The highest BCUT2D eigenvalue weighted by molar-refractivity contribution is 7.92. The van der Waals surface area contributed by atoms with Crippen LogP contribution in [0.15, 0.2) is 65.8 Å². The zero-order valence-corrected chi connectivity index (χ0v) is 20.0. The summed E-state index contributed by atoms with van der Waals surface area (Å²) in [5.41, 5.74) is 2.29. The van der Waals surface area contributed by atoms with E-state index in [0.717, 1.165) is 17.7 Å². The molecule has 0 bridgehead atoms. The lowest BCUT2D eigenvalue weighted by Crippen LogP contribution is -2.15. The first-order valence-electron chi connectivity index (χ1n) is 11.1. The van der Waals surface area contributed by atoms with Crippen LogP contribution in [0.3, 0.4) is 0 Å². The standard InChI is InChI=1S/C25H19F5N4O2S/c1-34-23(8-9-32-34)21-11-15(25(28,29)30)3-6-20(21)19-5-2-14-10-17(4-7-18(14)19)37(35,36)33-24-22(27)12-16(26)13-31-24/h3-4,6-13,19H,2,5H2,1H3,(H,31,33). The molecular weight excluding hydrogens is 515 g/mol. The van der Waals surface area contributed by atoms with E-state index >= 15 is 0 Å². The van der Waals surface area contributed by atoms with Gasteiger partial charge in [-0.15, -0.1) is 0 Å². The summed E-state index contributed by atoms with van der Waals surface area (Å²) < 4.78 is 96.7. The van der Waals surface area contributed by atoms with E-state index in [1.165, 1.54) is 29.1 Å². The van der Waals surface area contributed by atoms with Crippen molar-refractivity contribution in [3.05, 3.63) is 94.8 Å². The van der Waals surface area contributed by atoms with Crippen molar-refractivity contribution in [3.63, 3.8) is 0 Å². The summed E-state index contributed by atoms with van der Waals surface area (Å²) in [4.78, 5) is 3.31. The number of aromatic nitrogens is 3. The summed E-state index contributed by atoms with van der Waals surface area (Å²) in [6, 6.07) is 10.2. The number of alkyl halides is 3. The van der Waals surface area contributed by atoms with Gasteiger partial charge in [-0.25, -0.2) is 22.2 Å². The predicted octanol–water partition coefficient (Wildman–Crippen LogP) is 5.66. The molecule has 37 heavy (non-hydrogen) atoms. The molecule has 0 saturated carbocycles. The largest absolute Gasteiger partial charge is 0.416 e. The molecule has 4 aromatic rings. The van der Waals surface area contributed by atoms with Crippen molar-refractivity contribution in [2.45, 2.75) is 29.8 Å². The van der Waals surface area contributed by atoms with E-state index < -0.39 is 39.2 Å². The van der Waals surface area contributed by atoms with Crippen molar-refractivity contribution in [2.75, 3.05) is 4.72 Å². The number of anilines is 1. The number of fused-ring (bicyclic) bond motifs is 1. The Hall–Kier alpha value is -3.80. The number of nitrogens with zero attached hydrogens (tertiary/aromatic N) is 3. The first kappa shape index (κ1) is 24.9. The Morgan fingerprint density at radius 2 is 1.78 bits per heavy atom. The number of benzene rings is 2. The van der Waals surface area contributed by atoms with Gasteiger partial charge in [-0.1, -0.05) is 12.1 Å². The van der Waals surface area contributed by atoms with E-state index in [4.69, 9.17) is 0 Å². The molecule has 1 unspecified atom stereocenters. The van der Waals surface area contributed by atoms with Crippen LogP contribution in [-0.4, -0.2) is 23.2 Å². The van der Waals surface area contributed by atoms with Crippen LogP contribution in [0.4, 0.5) is 27.8 Å². The Labute approximate surface area is 208 Å². The van der Waals surface area contributed by atoms with Crippen LogP contribution in [-0.2, 0) is 29.7 Å². The van der Waals surface area contributed by atoms with Gasteiger partial charge in [-0.05, 0) is 59.9 Å². The van der Waals surface area contributed by atoms with E-state index in [1.807, 2.05) is 4.72 Å². The molecule has 1 N–H and O–H groups in total. The summed E-state index contributed by atoms with van der Waals surface area (Å²) in [6.07, 6.45) is -1.29. The lowest BCUT2D eigenvalue weighted by Gasteiger charge is -2.19. The zero-order chi connectivity index (χ0) is 26.5. The van der Waals surface area contributed by atoms with Gasteiger partial charge < -0.3 is 0 Å². The molecule has 12 heteroatoms. The van der Waals surface area contributed by atoms with E-state index in [0.29, 0.717) is 47.5 Å². The van der Waals surface area contributed by atoms with Gasteiger partial charge in [0.2, 0.25) is 0 Å². The number of halogens is 5. The third-order valence-electron chi connectivity index (χ3n) is 6.39. The Morgan fingerprint density at radius 3 is 2.46 bits per heavy atom. The monoisotopic (exact) mass is 534 g/mol. The van der Waals surface area contributed by atoms with Gasteiger partial charge in [0.25, 0.3) is 10.0 Å². The molecule has 192 valence electrons. The minimum atomic E-state index is -4.52. The smallest absolute Gasteiger partial charge is 0.268 e. The van der Waals surface area contributed by atoms with Crippen molar-refractivity contribution >= 4 is 15.8 Å². The Bertz CT molecular complexity index is 1620. The number of sulfonamides is 1. The number of nitrogens with one attached hydrogen (secondary N) is 1. The first-order valence-corrected chi connectivity index (χ1v) is 12.6. The Morgan fingerprint density at radius 1 is 1.03 bits per heavy atom. The van der Waals surface area contributed by atoms with Crippen molar-refractivity contribution < 1.29 is 30.4 Å². The van der Waals surface area contributed by atoms with Gasteiger partial charge >= 0.3 is 6.18 Å². The van der Waals surface area contributed by atoms with Crippen LogP contribution in [0.1, 0.15) is 34.6 Å². The lowest BCUT2D eigenvalue weighted by molar-refractivity contribution is -0.137. The molecule has 6 nitrogen and oxygen atoms in total. The van der Waals surface area contributed by atoms with Crippen LogP contribution < -0.4 is 4.72 Å². The number of hydrogen-bond donors (Lipinski definition) is 1. The van der Waals surface area contributed by atoms with Crippen molar-refractivity contribution in [1.82, 2.24) is 14.8 Å². The first-order chi connectivity index (χ1) is 17.4. The van der Waals surface area contributed by atoms with Crippen molar-refractivity contribution in [2.24, 2.45) is 7.05 Å². The number of pyridine rings is 1. The Balaban J connectivity index is 1.52. The Kier molecular flexibility index (Phi) is 6.01. The minimum absolute atomic E-state index is 0.142. The maximum Gasteiger partial charge on any atom is 0.416 e. The SMILES string of the molecule is Cn1nccc1-c1cc(C(F)(F)F)ccc1C1CCc2cc(S(=O)(=O)Nc3ncc(F)cc3F)ccc21. The lowest BCUT2D eigenvalue weighted by atomic mass is 9.87. The molecular formula is C25H19F5N4O2S. The van der Waals surface area contributed by atoms with E-state index in [-0.39, 0.29) is 10.8 Å². The molecule has 0 fully saturated rings. The highest BCUT2D eigenvalue weighted by Crippen LogP contribution is 2.44. The molecule has 0 saturated heterocycles. The van der Waals surface area contributed by atoms with Crippen molar-refractivity contribution in [3.8, 4) is 11.3 Å². The van der Waals surface area contributed by atoms with Crippen molar-refractivity contribution in [1.29, 1.82) is 0 Å². The van der Waals surface area contributed by atoms with Gasteiger partial charge in [0.05, 0.1) is 22.3 Å². The summed E-state index contributed by atoms with van der Waals surface area (Å²) in [5.74, 6) is -3.01. The molecule has 1 atom stereocenters. The van der Waals surface area contributed by atoms with Gasteiger partial charge in [-0.2, -0.15) is 18.3 Å². The second kappa shape index (κ2) is 8.94. The molecule has 5 rings (SSSR count). The molecule has 0 aliphatic heterocycles. The molecule has 0 radical (unpaired) electrons. The molecule has 1 aliphatic rings. The van der Waals surface area contributed by atoms with Crippen LogP contribution >= 0.6 is 0 Å². The predicted molar refractivity (Wildman–Crippen MR) is 125 cm³/mol. The minimum Gasteiger partial charge on any atom is -0.268 e. The fourth-order valence-electron chi connectivity index (χ4n) is 4.66. The second-order valence-corrected chi connectivity index (χ2v) is 10.4. The third-order valence-corrected chi connectivity index (χ3v) is 7.73. The van der Waals surface area contributed by atoms with Gasteiger partial charge in [-0.3, -0.25) is 9.40 Å².